The van der Waals surface area contributed by atoms with Crippen LogP contribution in [0.5, 0.6) is 0 Å². The lowest BCUT2D eigenvalue weighted by molar-refractivity contribution is -0.166. The summed E-state index contributed by atoms with van der Waals surface area (Å²) >= 11 is 0. The number of carbonyl (C=O) groups excluding carboxylic acids is 3. The molecule has 0 bridgehead atoms. The summed E-state index contributed by atoms with van der Waals surface area (Å²) in [7, 11) is 0. The van der Waals surface area contributed by atoms with E-state index in [1.807, 2.05) is 6.08 Å². The maximum absolute atomic E-state index is 12.8. The van der Waals surface area contributed by atoms with Gasteiger partial charge in [-0.2, -0.15) is 0 Å². The molecule has 362 valence electrons. The molecule has 0 aromatic carbocycles. The summed E-state index contributed by atoms with van der Waals surface area (Å²) in [5, 5.41) is 0. The second kappa shape index (κ2) is 51.5. The van der Waals surface area contributed by atoms with E-state index < -0.39 is 6.10 Å². The zero-order chi connectivity index (χ0) is 45.8. The van der Waals surface area contributed by atoms with Gasteiger partial charge in [0.1, 0.15) is 13.2 Å². The lowest BCUT2D eigenvalue weighted by Crippen LogP contribution is -2.30. The molecule has 0 rings (SSSR count). The highest BCUT2D eigenvalue weighted by Crippen LogP contribution is 2.15. The smallest absolute Gasteiger partial charge is 0.306 e. The van der Waals surface area contributed by atoms with Crippen molar-refractivity contribution in [1.82, 2.24) is 0 Å². The van der Waals surface area contributed by atoms with E-state index in [9.17, 15) is 14.4 Å². The van der Waals surface area contributed by atoms with Gasteiger partial charge in [-0.3, -0.25) is 14.4 Å². The molecule has 0 fully saturated rings. The van der Waals surface area contributed by atoms with E-state index >= 15 is 0 Å². The molecule has 0 saturated heterocycles. The van der Waals surface area contributed by atoms with Crippen LogP contribution in [0.3, 0.4) is 0 Å². The Morgan fingerprint density at radius 3 is 0.968 bits per heavy atom. The van der Waals surface area contributed by atoms with Gasteiger partial charge in [-0.25, -0.2) is 0 Å². The maximum atomic E-state index is 12.8. The number of carbonyl (C=O) groups is 3. The first-order chi connectivity index (χ1) is 31.0. The maximum Gasteiger partial charge on any atom is 0.306 e. The number of hydrogen-bond donors (Lipinski definition) is 0. The molecule has 0 unspecified atom stereocenters. The third-order valence-corrected chi connectivity index (χ3v) is 11.2. The zero-order valence-corrected chi connectivity index (χ0v) is 41.3. The van der Waals surface area contributed by atoms with Gasteiger partial charge in [0, 0.05) is 19.3 Å². The number of unbranched alkanes of at least 4 members (excludes halogenated alkanes) is 24. The quantitative estimate of drug-likeness (QED) is 0.0262. The Hall–Kier alpha value is -3.15. The fraction of sp³-hybridized carbons (Fsp3) is 0.737. The van der Waals surface area contributed by atoms with Crippen LogP contribution in [0.25, 0.3) is 0 Å². The van der Waals surface area contributed by atoms with Crippen molar-refractivity contribution in [1.29, 1.82) is 0 Å². The van der Waals surface area contributed by atoms with Crippen molar-refractivity contribution in [2.45, 2.75) is 258 Å². The molecule has 0 amide bonds. The van der Waals surface area contributed by atoms with Gasteiger partial charge in [-0.15, -0.1) is 0 Å². The van der Waals surface area contributed by atoms with Gasteiger partial charge in [-0.05, 0) is 57.8 Å². The molecule has 0 aliphatic heterocycles. The van der Waals surface area contributed by atoms with Gasteiger partial charge in [-0.1, -0.05) is 248 Å². The van der Waals surface area contributed by atoms with Gasteiger partial charge >= 0.3 is 17.9 Å². The van der Waals surface area contributed by atoms with Crippen LogP contribution >= 0.6 is 0 Å². The van der Waals surface area contributed by atoms with E-state index in [0.717, 1.165) is 77.0 Å². The monoisotopic (exact) mass is 879 g/mol. The average molecular weight is 879 g/mol. The van der Waals surface area contributed by atoms with Crippen molar-refractivity contribution in [2.75, 3.05) is 13.2 Å². The molecule has 0 radical (unpaired) electrons. The number of ether oxygens (including phenoxy) is 3. The Morgan fingerprint density at radius 1 is 0.333 bits per heavy atom. The first-order valence-electron chi connectivity index (χ1n) is 26.4. The molecule has 0 saturated carbocycles. The molecule has 63 heavy (non-hydrogen) atoms. The van der Waals surface area contributed by atoms with Crippen LogP contribution in [0.15, 0.2) is 72.9 Å². The zero-order valence-electron chi connectivity index (χ0n) is 41.3. The predicted octanol–water partition coefficient (Wildman–Crippen LogP) is 17.4. The summed E-state index contributed by atoms with van der Waals surface area (Å²) in [5.41, 5.74) is 0. The second-order valence-corrected chi connectivity index (χ2v) is 17.4. The van der Waals surface area contributed by atoms with Gasteiger partial charge in [0.2, 0.25) is 0 Å². The molecule has 1 atom stereocenters. The molecule has 0 aliphatic carbocycles. The molecule has 0 heterocycles. The molecule has 6 heteroatoms. The van der Waals surface area contributed by atoms with Crippen LogP contribution in [0, 0.1) is 0 Å². The molecule has 0 spiro atoms. The first kappa shape index (κ1) is 59.9. The Labute approximate surface area is 389 Å². The van der Waals surface area contributed by atoms with E-state index in [1.165, 1.54) is 128 Å². The minimum atomic E-state index is -0.801. The Balaban J connectivity index is 4.47. The highest BCUT2D eigenvalue weighted by atomic mass is 16.6. The number of rotatable bonds is 47. The highest BCUT2D eigenvalue weighted by Gasteiger charge is 2.19. The van der Waals surface area contributed by atoms with Gasteiger partial charge < -0.3 is 14.2 Å². The molecule has 0 N–H and O–H groups in total. The first-order valence-corrected chi connectivity index (χ1v) is 26.4. The highest BCUT2D eigenvalue weighted by molar-refractivity contribution is 5.71. The van der Waals surface area contributed by atoms with Crippen LogP contribution in [-0.4, -0.2) is 37.2 Å². The molecule has 0 aliphatic rings. The lowest BCUT2D eigenvalue weighted by Gasteiger charge is -2.18. The van der Waals surface area contributed by atoms with Crippen LogP contribution in [0.1, 0.15) is 252 Å². The average Bonchev–Trinajstić information content (AvgIpc) is 3.28. The summed E-state index contributed by atoms with van der Waals surface area (Å²) in [5.74, 6) is -0.977. The third-order valence-electron chi connectivity index (χ3n) is 11.2. The fourth-order valence-corrected chi connectivity index (χ4v) is 7.29. The topological polar surface area (TPSA) is 78.9 Å². The summed E-state index contributed by atoms with van der Waals surface area (Å²) in [6.07, 6.45) is 64.7. The van der Waals surface area contributed by atoms with Crippen LogP contribution in [-0.2, 0) is 28.6 Å². The minimum Gasteiger partial charge on any atom is -0.462 e. The van der Waals surface area contributed by atoms with Crippen molar-refractivity contribution in [2.24, 2.45) is 0 Å². The molecule has 6 nitrogen and oxygen atoms in total. The van der Waals surface area contributed by atoms with Crippen molar-refractivity contribution in [3.63, 3.8) is 0 Å². The van der Waals surface area contributed by atoms with Crippen LogP contribution < -0.4 is 0 Å². The van der Waals surface area contributed by atoms with Gasteiger partial charge in [0.25, 0.3) is 0 Å². The van der Waals surface area contributed by atoms with Crippen molar-refractivity contribution in [3.05, 3.63) is 72.9 Å². The summed E-state index contributed by atoms with van der Waals surface area (Å²) in [6, 6.07) is 0. The molecular formula is C57H98O6. The number of allylic oxidation sites excluding steroid dienone is 12. The van der Waals surface area contributed by atoms with Crippen molar-refractivity contribution in [3.8, 4) is 0 Å². The second-order valence-electron chi connectivity index (χ2n) is 17.4. The van der Waals surface area contributed by atoms with Gasteiger partial charge in [0.15, 0.2) is 6.10 Å². The largest absolute Gasteiger partial charge is 0.462 e. The molecule has 0 aromatic rings. The number of esters is 3. The van der Waals surface area contributed by atoms with Crippen LogP contribution in [0.4, 0.5) is 0 Å². The molecular weight excluding hydrogens is 781 g/mol. The third kappa shape index (κ3) is 49.7. The predicted molar refractivity (Wildman–Crippen MR) is 270 cm³/mol. The van der Waals surface area contributed by atoms with E-state index in [-0.39, 0.29) is 37.5 Å². The Kier molecular flexibility index (Phi) is 48.9. The van der Waals surface area contributed by atoms with E-state index in [1.54, 1.807) is 0 Å². The normalized spacial score (nSPS) is 12.6. The minimum absolute atomic E-state index is 0.0952. The summed E-state index contributed by atoms with van der Waals surface area (Å²) in [4.78, 5) is 37.9. The summed E-state index contributed by atoms with van der Waals surface area (Å²) < 4.78 is 16.7. The van der Waals surface area contributed by atoms with E-state index in [4.69, 9.17) is 14.2 Å². The van der Waals surface area contributed by atoms with E-state index in [0.29, 0.717) is 19.3 Å². The lowest BCUT2D eigenvalue weighted by atomic mass is 10.0. The standard InChI is InChI=1S/C57H98O6/c1-4-7-10-13-16-19-22-25-26-27-28-29-30-33-35-38-41-44-47-50-56(59)62-53-54(63-57(60)51-48-45-42-39-36-32-24-21-18-15-12-9-6-3)52-61-55(58)49-46-43-40-37-34-31-23-20-17-14-11-8-5-2/h7,10,16,19,25-26,28-29,33,35,41,44,54H,4-6,8-9,11-15,17-18,20-24,27,30-32,34,36-40,42-43,45-53H2,1-3H3/b10-7-,19-16-,26-25-,29-28-,35-33-,44-41-/t54-/m0/s1. The number of hydrogen-bond acceptors (Lipinski definition) is 6. The fourth-order valence-electron chi connectivity index (χ4n) is 7.29. The Morgan fingerprint density at radius 2 is 0.619 bits per heavy atom. The summed E-state index contributed by atoms with van der Waals surface area (Å²) in [6.45, 7) is 6.47. The van der Waals surface area contributed by atoms with Crippen LogP contribution in [0.2, 0.25) is 0 Å². The Bertz CT molecular complexity index is 1190. The van der Waals surface area contributed by atoms with Crippen molar-refractivity contribution < 1.29 is 28.6 Å². The molecule has 0 aromatic heterocycles. The van der Waals surface area contributed by atoms with Crippen molar-refractivity contribution >= 4 is 17.9 Å². The SMILES string of the molecule is CC/C=C\C/C=C\C/C=C\C/C=C\C/C=C\C/C=C\CCC(=O)OC[C@H](COC(=O)CCCCCCCCCCCCCCC)OC(=O)CCCCCCCCCCCCCCC. The van der Waals surface area contributed by atoms with Gasteiger partial charge in [0.05, 0.1) is 0 Å². The van der Waals surface area contributed by atoms with E-state index in [2.05, 4.69) is 87.6 Å².